The van der Waals surface area contributed by atoms with Crippen LogP contribution >= 0.6 is 11.6 Å². The average molecular weight is 319 g/mol. The van der Waals surface area contributed by atoms with Gasteiger partial charge in [-0.1, -0.05) is 23.7 Å². The minimum atomic E-state index is -0.348. The molecule has 5 nitrogen and oxygen atoms in total. The first-order valence-electron chi connectivity index (χ1n) is 6.45. The SMILES string of the molecule is COc1ccc(C(=O)NN=Cc2cccc(Cl)c2)cc1OC. The molecule has 2 aromatic carbocycles. The van der Waals surface area contributed by atoms with Crippen LogP contribution in [-0.2, 0) is 0 Å². The largest absolute Gasteiger partial charge is 0.493 e. The van der Waals surface area contributed by atoms with E-state index >= 15 is 0 Å². The Morgan fingerprint density at radius 2 is 1.91 bits per heavy atom. The number of nitrogens with one attached hydrogen (secondary N) is 1. The Kier molecular flexibility index (Phi) is 5.38. The van der Waals surface area contributed by atoms with Gasteiger partial charge in [0.05, 0.1) is 20.4 Å². The second-order valence-electron chi connectivity index (χ2n) is 4.32. The summed E-state index contributed by atoms with van der Waals surface area (Å²) in [6.07, 6.45) is 1.52. The Balaban J connectivity index is 2.06. The molecule has 0 aromatic heterocycles. The molecule has 0 aliphatic rings. The fourth-order valence-corrected chi connectivity index (χ4v) is 1.99. The van der Waals surface area contributed by atoms with Gasteiger partial charge in [-0.25, -0.2) is 5.43 Å². The Hall–Kier alpha value is -2.53. The number of benzene rings is 2. The lowest BCUT2D eigenvalue weighted by Gasteiger charge is -2.08. The maximum atomic E-state index is 12.0. The summed E-state index contributed by atoms with van der Waals surface area (Å²) in [6, 6.07) is 12.0. The van der Waals surface area contributed by atoms with E-state index in [4.69, 9.17) is 21.1 Å². The van der Waals surface area contributed by atoms with Crippen LogP contribution in [0.15, 0.2) is 47.6 Å². The second kappa shape index (κ2) is 7.47. The van der Waals surface area contributed by atoms with Crippen LogP contribution in [0.5, 0.6) is 11.5 Å². The summed E-state index contributed by atoms with van der Waals surface area (Å²) in [6.45, 7) is 0. The molecule has 0 bridgehead atoms. The standard InChI is InChI=1S/C16H15ClN2O3/c1-21-14-7-6-12(9-15(14)22-2)16(20)19-18-10-11-4-3-5-13(17)8-11/h3-10H,1-2H3,(H,19,20). The van der Waals surface area contributed by atoms with Crippen molar-refractivity contribution in [3.8, 4) is 11.5 Å². The lowest BCUT2D eigenvalue weighted by molar-refractivity contribution is 0.0954. The molecule has 0 spiro atoms. The van der Waals surface area contributed by atoms with Gasteiger partial charge in [-0.05, 0) is 35.9 Å². The minimum Gasteiger partial charge on any atom is -0.493 e. The van der Waals surface area contributed by atoms with E-state index in [9.17, 15) is 4.79 Å². The molecule has 0 heterocycles. The van der Waals surface area contributed by atoms with E-state index in [0.717, 1.165) is 5.56 Å². The highest BCUT2D eigenvalue weighted by atomic mass is 35.5. The number of ether oxygens (including phenoxy) is 2. The van der Waals surface area contributed by atoms with Gasteiger partial charge >= 0.3 is 0 Å². The molecule has 0 saturated heterocycles. The number of hydrogen-bond donors (Lipinski definition) is 1. The number of rotatable bonds is 5. The highest BCUT2D eigenvalue weighted by Gasteiger charge is 2.09. The van der Waals surface area contributed by atoms with Gasteiger partial charge in [0.25, 0.3) is 5.91 Å². The van der Waals surface area contributed by atoms with Gasteiger partial charge in [-0.2, -0.15) is 5.10 Å². The fraction of sp³-hybridized carbons (Fsp3) is 0.125. The summed E-state index contributed by atoms with van der Waals surface area (Å²) in [5.74, 6) is 0.690. The van der Waals surface area contributed by atoms with Gasteiger partial charge in [-0.15, -0.1) is 0 Å². The van der Waals surface area contributed by atoms with Gasteiger partial charge in [0.15, 0.2) is 11.5 Å². The molecule has 0 aliphatic carbocycles. The maximum Gasteiger partial charge on any atom is 0.271 e. The van der Waals surface area contributed by atoms with Crippen LogP contribution in [0.4, 0.5) is 0 Å². The molecule has 6 heteroatoms. The summed E-state index contributed by atoms with van der Waals surface area (Å²) in [7, 11) is 3.05. The third-order valence-electron chi connectivity index (χ3n) is 2.87. The lowest BCUT2D eigenvalue weighted by Crippen LogP contribution is -2.17. The van der Waals surface area contributed by atoms with Crippen molar-refractivity contribution >= 4 is 23.7 Å². The summed E-state index contributed by atoms with van der Waals surface area (Å²) in [5, 5.41) is 4.51. The van der Waals surface area contributed by atoms with Crippen molar-refractivity contribution in [2.45, 2.75) is 0 Å². The molecule has 0 aliphatic heterocycles. The van der Waals surface area contributed by atoms with E-state index in [-0.39, 0.29) is 5.91 Å². The minimum absolute atomic E-state index is 0.348. The molecule has 22 heavy (non-hydrogen) atoms. The first-order chi connectivity index (χ1) is 10.6. The average Bonchev–Trinajstić information content (AvgIpc) is 2.54. The number of nitrogens with zero attached hydrogens (tertiary/aromatic N) is 1. The highest BCUT2D eigenvalue weighted by Crippen LogP contribution is 2.27. The molecule has 1 N–H and O–H groups in total. The van der Waals surface area contributed by atoms with Crippen LogP contribution in [0.3, 0.4) is 0 Å². The lowest BCUT2D eigenvalue weighted by atomic mass is 10.2. The molecule has 2 rings (SSSR count). The fourth-order valence-electron chi connectivity index (χ4n) is 1.79. The zero-order chi connectivity index (χ0) is 15.9. The molecular weight excluding hydrogens is 304 g/mol. The molecular formula is C16H15ClN2O3. The number of halogens is 1. The van der Waals surface area contributed by atoms with E-state index in [0.29, 0.717) is 22.1 Å². The maximum absolute atomic E-state index is 12.0. The van der Waals surface area contributed by atoms with Crippen LogP contribution in [-0.4, -0.2) is 26.3 Å². The van der Waals surface area contributed by atoms with Crippen molar-refractivity contribution in [3.05, 3.63) is 58.6 Å². The first kappa shape index (κ1) is 15.9. The van der Waals surface area contributed by atoms with Gasteiger partial charge in [0.1, 0.15) is 0 Å². The quantitative estimate of drug-likeness (QED) is 0.680. The van der Waals surface area contributed by atoms with E-state index in [2.05, 4.69) is 10.5 Å². The third-order valence-corrected chi connectivity index (χ3v) is 3.11. The predicted octanol–water partition coefficient (Wildman–Crippen LogP) is 3.12. The van der Waals surface area contributed by atoms with Crippen molar-refractivity contribution in [2.75, 3.05) is 14.2 Å². The molecule has 2 aromatic rings. The van der Waals surface area contributed by atoms with E-state index in [1.807, 2.05) is 6.07 Å². The van der Waals surface area contributed by atoms with E-state index in [1.54, 1.807) is 36.4 Å². The van der Waals surface area contributed by atoms with E-state index in [1.165, 1.54) is 20.4 Å². The molecule has 1 amide bonds. The van der Waals surface area contributed by atoms with Gasteiger partial charge in [-0.3, -0.25) is 4.79 Å². The Morgan fingerprint density at radius 1 is 1.14 bits per heavy atom. The van der Waals surface area contributed by atoms with Crippen molar-refractivity contribution in [3.63, 3.8) is 0 Å². The predicted molar refractivity (Wildman–Crippen MR) is 86.1 cm³/mol. The van der Waals surface area contributed by atoms with Crippen LogP contribution in [0.1, 0.15) is 15.9 Å². The number of carbonyl (C=O) groups is 1. The highest BCUT2D eigenvalue weighted by molar-refractivity contribution is 6.30. The summed E-state index contributed by atoms with van der Waals surface area (Å²) in [5.41, 5.74) is 3.66. The molecule has 0 fully saturated rings. The zero-order valence-electron chi connectivity index (χ0n) is 12.2. The van der Waals surface area contributed by atoms with Crippen molar-refractivity contribution < 1.29 is 14.3 Å². The number of methoxy groups -OCH3 is 2. The summed E-state index contributed by atoms with van der Waals surface area (Å²) < 4.78 is 10.3. The van der Waals surface area contributed by atoms with Crippen molar-refractivity contribution in [1.82, 2.24) is 5.43 Å². The topological polar surface area (TPSA) is 59.9 Å². The Morgan fingerprint density at radius 3 is 2.59 bits per heavy atom. The van der Waals surface area contributed by atoms with Gasteiger partial charge in [0.2, 0.25) is 0 Å². The smallest absolute Gasteiger partial charge is 0.271 e. The zero-order valence-corrected chi connectivity index (χ0v) is 12.9. The Labute approximate surface area is 133 Å². The van der Waals surface area contributed by atoms with Crippen LogP contribution in [0, 0.1) is 0 Å². The third kappa shape index (κ3) is 3.99. The van der Waals surface area contributed by atoms with Gasteiger partial charge in [0, 0.05) is 10.6 Å². The van der Waals surface area contributed by atoms with Crippen molar-refractivity contribution in [2.24, 2.45) is 5.10 Å². The molecule has 0 unspecified atom stereocenters. The second-order valence-corrected chi connectivity index (χ2v) is 4.76. The summed E-state index contributed by atoms with van der Waals surface area (Å²) >= 11 is 5.87. The molecule has 0 atom stereocenters. The van der Waals surface area contributed by atoms with Crippen LogP contribution < -0.4 is 14.9 Å². The normalized spacial score (nSPS) is 10.5. The van der Waals surface area contributed by atoms with Gasteiger partial charge < -0.3 is 9.47 Å². The molecule has 0 radical (unpaired) electrons. The van der Waals surface area contributed by atoms with Crippen LogP contribution in [0.2, 0.25) is 5.02 Å². The Bertz CT molecular complexity index is 702. The van der Waals surface area contributed by atoms with Crippen LogP contribution in [0.25, 0.3) is 0 Å². The number of hydrogen-bond acceptors (Lipinski definition) is 4. The number of carbonyl (C=O) groups excluding carboxylic acids is 1. The van der Waals surface area contributed by atoms with E-state index < -0.39 is 0 Å². The molecule has 0 saturated carbocycles. The first-order valence-corrected chi connectivity index (χ1v) is 6.83. The summed E-state index contributed by atoms with van der Waals surface area (Å²) in [4.78, 5) is 12.0. The van der Waals surface area contributed by atoms with Crippen molar-refractivity contribution in [1.29, 1.82) is 0 Å². The number of hydrazone groups is 1. The monoisotopic (exact) mass is 318 g/mol. The molecule has 114 valence electrons. The number of amides is 1.